The Hall–Kier alpha value is -3.32. The molecular formula is C27H33N3O4. The Bertz CT molecular complexity index is 1120. The van der Waals surface area contributed by atoms with Gasteiger partial charge in [0, 0.05) is 23.5 Å². The molecule has 1 unspecified atom stereocenters. The first kappa shape index (κ1) is 23.8. The van der Waals surface area contributed by atoms with E-state index < -0.39 is 0 Å². The van der Waals surface area contributed by atoms with Gasteiger partial charge in [-0.15, -0.1) is 0 Å². The number of amides is 1. The Kier molecular flexibility index (Phi) is 7.53. The van der Waals surface area contributed by atoms with E-state index in [0.717, 1.165) is 36.0 Å². The molecule has 1 atom stereocenters. The third-order valence-corrected chi connectivity index (χ3v) is 6.61. The third-order valence-electron chi connectivity index (χ3n) is 6.61. The average Bonchev–Trinajstić information content (AvgIpc) is 3.29. The van der Waals surface area contributed by atoms with Crippen molar-refractivity contribution >= 4 is 16.8 Å². The van der Waals surface area contributed by atoms with Crippen LogP contribution in [0.2, 0.25) is 0 Å². The molecule has 3 aromatic rings. The number of methoxy groups -OCH3 is 3. The van der Waals surface area contributed by atoms with E-state index in [2.05, 4.69) is 18.0 Å². The molecule has 1 aliphatic rings. The molecule has 0 bridgehead atoms. The highest BCUT2D eigenvalue weighted by molar-refractivity contribution is 5.95. The second kappa shape index (κ2) is 10.7. The molecule has 7 heteroatoms. The van der Waals surface area contributed by atoms with E-state index >= 15 is 0 Å². The number of hydrogen-bond donors (Lipinski definition) is 0. The van der Waals surface area contributed by atoms with Crippen molar-refractivity contribution in [2.75, 3.05) is 41.5 Å². The maximum absolute atomic E-state index is 13.8. The standard InChI is InChI=1S/C27H33N3O4/c1-29-14-7-9-22(29)13-15-30(18-21-12-11-19-8-5-6-10-23(19)28-21)27(31)20-16-24(32-2)26(34-4)25(17-20)33-3/h5-6,8,10-12,16-17,22H,7,9,13-15,18H2,1-4H3. The lowest BCUT2D eigenvalue weighted by molar-refractivity contribution is 0.0726. The van der Waals surface area contributed by atoms with Gasteiger partial charge >= 0.3 is 0 Å². The van der Waals surface area contributed by atoms with E-state index in [4.69, 9.17) is 19.2 Å². The zero-order valence-electron chi connectivity index (χ0n) is 20.4. The van der Waals surface area contributed by atoms with E-state index in [-0.39, 0.29) is 5.91 Å². The van der Waals surface area contributed by atoms with E-state index in [0.29, 0.717) is 41.9 Å². The number of ether oxygens (including phenoxy) is 3. The van der Waals surface area contributed by atoms with Gasteiger partial charge in [0.2, 0.25) is 5.75 Å². The third kappa shape index (κ3) is 5.09. The molecule has 0 aliphatic carbocycles. The lowest BCUT2D eigenvalue weighted by Gasteiger charge is -2.27. The molecule has 1 saturated heterocycles. The van der Waals surface area contributed by atoms with E-state index in [1.807, 2.05) is 35.2 Å². The molecule has 2 aromatic carbocycles. The quantitative estimate of drug-likeness (QED) is 0.469. The zero-order valence-corrected chi connectivity index (χ0v) is 20.4. The Balaban J connectivity index is 1.64. The molecule has 7 nitrogen and oxygen atoms in total. The van der Waals surface area contributed by atoms with Crippen LogP contribution in [-0.4, -0.2) is 68.2 Å². The molecule has 1 aliphatic heterocycles. The largest absolute Gasteiger partial charge is 0.493 e. The van der Waals surface area contributed by atoms with Crippen molar-refractivity contribution in [1.82, 2.24) is 14.8 Å². The summed E-state index contributed by atoms with van der Waals surface area (Å²) in [5, 5.41) is 1.08. The maximum Gasteiger partial charge on any atom is 0.254 e. The topological polar surface area (TPSA) is 64.1 Å². The summed E-state index contributed by atoms with van der Waals surface area (Å²) in [6.07, 6.45) is 3.28. The predicted molar refractivity (Wildman–Crippen MR) is 133 cm³/mol. The summed E-state index contributed by atoms with van der Waals surface area (Å²) in [6, 6.07) is 16.0. The number of nitrogens with zero attached hydrogens (tertiary/aromatic N) is 3. The van der Waals surface area contributed by atoms with Crippen molar-refractivity contribution < 1.29 is 19.0 Å². The lowest BCUT2D eigenvalue weighted by Crippen LogP contribution is -2.35. The summed E-state index contributed by atoms with van der Waals surface area (Å²) < 4.78 is 16.4. The van der Waals surface area contributed by atoms with Gasteiger partial charge in [-0.05, 0) is 57.1 Å². The molecule has 180 valence electrons. The van der Waals surface area contributed by atoms with Gasteiger partial charge < -0.3 is 24.0 Å². The number of carbonyl (C=O) groups excluding carboxylic acids is 1. The fraction of sp³-hybridized carbons (Fsp3) is 0.407. The van der Waals surface area contributed by atoms with Gasteiger partial charge in [-0.3, -0.25) is 9.78 Å². The molecule has 0 radical (unpaired) electrons. The van der Waals surface area contributed by atoms with Gasteiger partial charge in [-0.2, -0.15) is 0 Å². The Morgan fingerprint density at radius 1 is 1.06 bits per heavy atom. The highest BCUT2D eigenvalue weighted by Crippen LogP contribution is 2.38. The highest BCUT2D eigenvalue weighted by Gasteiger charge is 2.25. The number of hydrogen-bond acceptors (Lipinski definition) is 6. The smallest absolute Gasteiger partial charge is 0.254 e. The van der Waals surface area contributed by atoms with Crippen LogP contribution in [0.3, 0.4) is 0 Å². The van der Waals surface area contributed by atoms with Crippen LogP contribution in [0.5, 0.6) is 17.2 Å². The first-order valence-electron chi connectivity index (χ1n) is 11.7. The van der Waals surface area contributed by atoms with Gasteiger partial charge in [0.15, 0.2) is 11.5 Å². The summed E-state index contributed by atoms with van der Waals surface area (Å²) in [5.74, 6) is 1.31. The molecule has 1 aromatic heterocycles. The number of likely N-dealkylation sites (tertiary alicyclic amines) is 1. The number of benzene rings is 2. The maximum atomic E-state index is 13.8. The zero-order chi connectivity index (χ0) is 24.1. The van der Waals surface area contributed by atoms with Crippen LogP contribution < -0.4 is 14.2 Å². The lowest BCUT2D eigenvalue weighted by atomic mass is 10.1. The molecular weight excluding hydrogens is 430 g/mol. The first-order valence-corrected chi connectivity index (χ1v) is 11.7. The number of rotatable bonds is 9. The van der Waals surface area contributed by atoms with Gasteiger partial charge in [-0.1, -0.05) is 24.3 Å². The second-order valence-corrected chi connectivity index (χ2v) is 8.70. The summed E-state index contributed by atoms with van der Waals surface area (Å²) in [5.41, 5.74) is 2.28. The van der Waals surface area contributed by atoms with Crippen LogP contribution in [0.25, 0.3) is 10.9 Å². The summed E-state index contributed by atoms with van der Waals surface area (Å²) >= 11 is 0. The number of para-hydroxylation sites is 1. The minimum atomic E-state index is -0.0881. The molecule has 1 fully saturated rings. The van der Waals surface area contributed by atoms with Crippen LogP contribution in [0.1, 0.15) is 35.3 Å². The fourth-order valence-corrected chi connectivity index (χ4v) is 4.68. The monoisotopic (exact) mass is 463 g/mol. The molecule has 34 heavy (non-hydrogen) atoms. The summed E-state index contributed by atoms with van der Waals surface area (Å²) in [6.45, 7) is 2.17. The predicted octanol–water partition coefficient (Wildman–Crippen LogP) is 4.39. The minimum absolute atomic E-state index is 0.0881. The summed E-state index contributed by atoms with van der Waals surface area (Å²) in [4.78, 5) is 22.8. The molecule has 2 heterocycles. The Morgan fingerprint density at radius 2 is 1.79 bits per heavy atom. The Labute approximate surface area is 201 Å². The number of aromatic nitrogens is 1. The van der Waals surface area contributed by atoms with Crippen LogP contribution in [0, 0.1) is 0 Å². The molecule has 0 saturated carbocycles. The summed E-state index contributed by atoms with van der Waals surface area (Å²) in [7, 11) is 6.82. The average molecular weight is 464 g/mol. The number of carbonyl (C=O) groups is 1. The van der Waals surface area contributed by atoms with Gasteiger partial charge in [0.25, 0.3) is 5.91 Å². The molecule has 0 N–H and O–H groups in total. The highest BCUT2D eigenvalue weighted by atomic mass is 16.5. The van der Waals surface area contributed by atoms with Crippen LogP contribution >= 0.6 is 0 Å². The van der Waals surface area contributed by atoms with Crippen molar-refractivity contribution in [3.63, 3.8) is 0 Å². The molecule has 1 amide bonds. The van der Waals surface area contributed by atoms with Crippen molar-refractivity contribution in [2.45, 2.75) is 31.8 Å². The minimum Gasteiger partial charge on any atom is -0.493 e. The number of fused-ring (bicyclic) bond motifs is 1. The van der Waals surface area contributed by atoms with Crippen LogP contribution in [0.4, 0.5) is 0 Å². The van der Waals surface area contributed by atoms with Crippen molar-refractivity contribution in [1.29, 1.82) is 0 Å². The van der Waals surface area contributed by atoms with Gasteiger partial charge in [0.1, 0.15) is 0 Å². The molecule has 0 spiro atoms. The van der Waals surface area contributed by atoms with E-state index in [1.54, 1.807) is 33.5 Å². The Morgan fingerprint density at radius 3 is 2.44 bits per heavy atom. The van der Waals surface area contributed by atoms with Crippen molar-refractivity contribution in [3.8, 4) is 17.2 Å². The number of pyridine rings is 1. The van der Waals surface area contributed by atoms with E-state index in [9.17, 15) is 4.79 Å². The van der Waals surface area contributed by atoms with Crippen LogP contribution in [0.15, 0.2) is 48.5 Å². The van der Waals surface area contributed by atoms with Crippen LogP contribution in [-0.2, 0) is 6.54 Å². The fourth-order valence-electron chi connectivity index (χ4n) is 4.68. The van der Waals surface area contributed by atoms with Crippen molar-refractivity contribution in [2.24, 2.45) is 0 Å². The van der Waals surface area contributed by atoms with E-state index in [1.165, 1.54) is 6.42 Å². The second-order valence-electron chi connectivity index (χ2n) is 8.70. The SMILES string of the molecule is COc1cc(C(=O)N(CCC2CCCN2C)Cc2ccc3ccccc3n2)cc(OC)c1OC. The molecule has 4 rings (SSSR count). The van der Waals surface area contributed by atoms with Gasteiger partial charge in [-0.25, -0.2) is 0 Å². The van der Waals surface area contributed by atoms with Crippen molar-refractivity contribution in [3.05, 3.63) is 59.8 Å². The normalized spacial score (nSPS) is 15.9. The van der Waals surface area contributed by atoms with Gasteiger partial charge in [0.05, 0.1) is 39.1 Å². The first-order chi connectivity index (χ1) is 16.5.